The standard InChI is InChI=1S/C13H13NO3/c15-12-10-6-7-17-11(10)13(16)14(12)8-9-4-2-1-3-5-9/h1-5,10-11H,6-8H2/t10-,11+/m1/s1. The van der Waals surface area contributed by atoms with Crippen molar-refractivity contribution >= 4 is 11.8 Å². The summed E-state index contributed by atoms with van der Waals surface area (Å²) in [7, 11) is 0. The highest BCUT2D eigenvalue weighted by Gasteiger charge is 2.50. The lowest BCUT2D eigenvalue weighted by Crippen LogP contribution is -2.32. The monoisotopic (exact) mass is 231 g/mol. The molecule has 2 atom stereocenters. The van der Waals surface area contributed by atoms with Crippen LogP contribution in [-0.4, -0.2) is 29.4 Å². The van der Waals surface area contributed by atoms with Gasteiger partial charge in [0, 0.05) is 6.61 Å². The minimum Gasteiger partial charge on any atom is -0.367 e. The number of carbonyl (C=O) groups is 2. The highest BCUT2D eigenvalue weighted by molar-refractivity contribution is 6.06. The summed E-state index contributed by atoms with van der Waals surface area (Å²) < 4.78 is 5.32. The molecule has 1 aromatic rings. The van der Waals surface area contributed by atoms with Crippen LogP contribution in [0.4, 0.5) is 0 Å². The molecular weight excluding hydrogens is 218 g/mol. The fourth-order valence-corrected chi connectivity index (χ4v) is 2.47. The largest absolute Gasteiger partial charge is 0.367 e. The number of hydrogen-bond acceptors (Lipinski definition) is 3. The van der Waals surface area contributed by atoms with E-state index in [9.17, 15) is 9.59 Å². The second-order valence-corrected chi connectivity index (χ2v) is 4.43. The Balaban J connectivity index is 1.81. The molecule has 0 aliphatic carbocycles. The number of benzene rings is 1. The molecule has 2 aliphatic heterocycles. The first-order chi connectivity index (χ1) is 8.27. The number of ether oxygens (including phenoxy) is 1. The van der Waals surface area contributed by atoms with Gasteiger partial charge in [0.1, 0.15) is 6.10 Å². The molecule has 1 aromatic carbocycles. The molecule has 2 aliphatic rings. The average molecular weight is 231 g/mol. The van der Waals surface area contributed by atoms with Crippen LogP contribution in [0.2, 0.25) is 0 Å². The number of fused-ring (bicyclic) bond motifs is 1. The Morgan fingerprint density at radius 2 is 1.94 bits per heavy atom. The molecule has 2 saturated heterocycles. The van der Waals surface area contributed by atoms with E-state index in [0.29, 0.717) is 19.6 Å². The fourth-order valence-electron chi connectivity index (χ4n) is 2.47. The SMILES string of the molecule is O=C1[C@H]2OCC[C@H]2C(=O)N1Cc1ccccc1. The van der Waals surface area contributed by atoms with Crippen LogP contribution in [0.15, 0.2) is 30.3 Å². The lowest BCUT2D eigenvalue weighted by Gasteiger charge is -2.15. The number of rotatable bonds is 2. The maximum atomic E-state index is 12.0. The van der Waals surface area contributed by atoms with Gasteiger partial charge in [0.25, 0.3) is 5.91 Å². The van der Waals surface area contributed by atoms with Gasteiger partial charge in [0.15, 0.2) is 0 Å². The molecule has 0 N–H and O–H groups in total. The van der Waals surface area contributed by atoms with Crippen LogP contribution in [-0.2, 0) is 20.9 Å². The Morgan fingerprint density at radius 3 is 2.65 bits per heavy atom. The predicted molar refractivity (Wildman–Crippen MR) is 59.8 cm³/mol. The Kier molecular flexibility index (Phi) is 2.44. The van der Waals surface area contributed by atoms with Crippen molar-refractivity contribution in [2.75, 3.05) is 6.61 Å². The van der Waals surface area contributed by atoms with E-state index in [0.717, 1.165) is 5.56 Å². The van der Waals surface area contributed by atoms with E-state index in [2.05, 4.69) is 0 Å². The summed E-state index contributed by atoms with van der Waals surface area (Å²) in [6.45, 7) is 0.876. The highest BCUT2D eigenvalue weighted by atomic mass is 16.5. The van der Waals surface area contributed by atoms with E-state index >= 15 is 0 Å². The van der Waals surface area contributed by atoms with Gasteiger partial charge in [0.2, 0.25) is 5.91 Å². The third kappa shape index (κ3) is 1.65. The Hall–Kier alpha value is -1.68. The highest BCUT2D eigenvalue weighted by Crippen LogP contribution is 2.31. The van der Waals surface area contributed by atoms with Crippen LogP contribution in [0.1, 0.15) is 12.0 Å². The van der Waals surface area contributed by atoms with Crippen LogP contribution >= 0.6 is 0 Å². The van der Waals surface area contributed by atoms with Crippen molar-refractivity contribution in [1.82, 2.24) is 4.90 Å². The first-order valence-corrected chi connectivity index (χ1v) is 5.78. The predicted octanol–water partition coefficient (Wildman–Crippen LogP) is 0.960. The summed E-state index contributed by atoms with van der Waals surface area (Å²) >= 11 is 0. The third-order valence-electron chi connectivity index (χ3n) is 3.37. The van der Waals surface area contributed by atoms with Gasteiger partial charge in [-0.05, 0) is 12.0 Å². The maximum absolute atomic E-state index is 12.0. The molecule has 0 spiro atoms. The number of hydrogen-bond donors (Lipinski definition) is 0. The quantitative estimate of drug-likeness (QED) is 0.712. The molecule has 88 valence electrons. The minimum atomic E-state index is -0.522. The normalized spacial score (nSPS) is 27.6. The topological polar surface area (TPSA) is 46.6 Å². The molecule has 2 fully saturated rings. The van der Waals surface area contributed by atoms with Crippen molar-refractivity contribution in [3.63, 3.8) is 0 Å². The molecule has 17 heavy (non-hydrogen) atoms. The van der Waals surface area contributed by atoms with Gasteiger partial charge in [0.05, 0.1) is 12.5 Å². The number of imide groups is 1. The molecule has 4 heteroatoms. The van der Waals surface area contributed by atoms with Crippen molar-refractivity contribution in [3.8, 4) is 0 Å². The first-order valence-electron chi connectivity index (χ1n) is 5.78. The molecule has 2 heterocycles. The Morgan fingerprint density at radius 1 is 1.18 bits per heavy atom. The molecule has 0 aromatic heterocycles. The van der Waals surface area contributed by atoms with Crippen molar-refractivity contribution in [1.29, 1.82) is 0 Å². The first kappa shape index (κ1) is 10.5. The molecule has 3 rings (SSSR count). The minimum absolute atomic E-state index is 0.0821. The zero-order valence-electron chi connectivity index (χ0n) is 9.33. The lowest BCUT2D eigenvalue weighted by atomic mass is 10.1. The molecule has 4 nitrogen and oxygen atoms in total. The van der Waals surface area contributed by atoms with E-state index in [4.69, 9.17) is 4.74 Å². The van der Waals surface area contributed by atoms with E-state index < -0.39 is 6.10 Å². The van der Waals surface area contributed by atoms with Crippen molar-refractivity contribution in [2.45, 2.75) is 19.1 Å². The van der Waals surface area contributed by atoms with Crippen LogP contribution in [0.3, 0.4) is 0 Å². The fraction of sp³-hybridized carbons (Fsp3) is 0.385. The van der Waals surface area contributed by atoms with Gasteiger partial charge in [-0.25, -0.2) is 0 Å². The summed E-state index contributed by atoms with van der Waals surface area (Å²) in [6, 6.07) is 9.54. The number of likely N-dealkylation sites (tertiary alicyclic amines) is 1. The van der Waals surface area contributed by atoms with Crippen molar-refractivity contribution in [2.24, 2.45) is 5.92 Å². The van der Waals surface area contributed by atoms with Gasteiger partial charge < -0.3 is 4.74 Å². The lowest BCUT2D eigenvalue weighted by molar-refractivity contribution is -0.143. The Labute approximate surface area is 99.2 Å². The summed E-state index contributed by atoms with van der Waals surface area (Å²) in [5.74, 6) is -0.506. The van der Waals surface area contributed by atoms with Gasteiger partial charge >= 0.3 is 0 Å². The Bertz CT molecular complexity index is 435. The number of amides is 2. The molecule has 0 unspecified atom stereocenters. The van der Waals surface area contributed by atoms with E-state index in [1.54, 1.807) is 0 Å². The molecular formula is C13H13NO3. The van der Waals surface area contributed by atoms with Gasteiger partial charge in [-0.15, -0.1) is 0 Å². The zero-order chi connectivity index (χ0) is 11.8. The average Bonchev–Trinajstić information content (AvgIpc) is 2.91. The number of nitrogens with zero attached hydrogens (tertiary/aromatic N) is 1. The third-order valence-corrected chi connectivity index (χ3v) is 3.37. The van der Waals surface area contributed by atoms with Gasteiger partial charge in [-0.1, -0.05) is 30.3 Å². The van der Waals surface area contributed by atoms with Gasteiger partial charge in [-0.3, -0.25) is 14.5 Å². The van der Waals surface area contributed by atoms with Crippen LogP contribution in [0, 0.1) is 5.92 Å². The van der Waals surface area contributed by atoms with Crippen LogP contribution in [0.25, 0.3) is 0 Å². The van der Waals surface area contributed by atoms with Crippen molar-refractivity contribution in [3.05, 3.63) is 35.9 Å². The maximum Gasteiger partial charge on any atom is 0.259 e. The summed E-state index contributed by atoms with van der Waals surface area (Å²) in [6.07, 6.45) is 0.145. The van der Waals surface area contributed by atoms with Gasteiger partial charge in [-0.2, -0.15) is 0 Å². The smallest absolute Gasteiger partial charge is 0.259 e. The van der Waals surface area contributed by atoms with Crippen LogP contribution in [0.5, 0.6) is 0 Å². The molecule has 2 amide bonds. The summed E-state index contributed by atoms with van der Waals surface area (Å²) in [4.78, 5) is 25.3. The van der Waals surface area contributed by atoms with E-state index in [-0.39, 0.29) is 17.7 Å². The molecule has 0 radical (unpaired) electrons. The molecule has 0 saturated carbocycles. The summed E-state index contributed by atoms with van der Waals surface area (Å²) in [5, 5.41) is 0. The zero-order valence-corrected chi connectivity index (χ0v) is 9.33. The second-order valence-electron chi connectivity index (χ2n) is 4.43. The summed E-state index contributed by atoms with van der Waals surface area (Å²) in [5.41, 5.74) is 0.967. The van der Waals surface area contributed by atoms with Crippen LogP contribution < -0.4 is 0 Å². The number of carbonyl (C=O) groups excluding carboxylic acids is 2. The van der Waals surface area contributed by atoms with E-state index in [1.807, 2.05) is 30.3 Å². The second kappa shape index (κ2) is 3.96. The van der Waals surface area contributed by atoms with E-state index in [1.165, 1.54) is 4.90 Å². The van der Waals surface area contributed by atoms with Crippen molar-refractivity contribution < 1.29 is 14.3 Å². The molecule has 0 bridgehead atoms.